The fourth-order valence-electron chi connectivity index (χ4n) is 3.79. The first-order chi connectivity index (χ1) is 13.5. The number of piperidine rings is 1. The summed E-state index contributed by atoms with van der Waals surface area (Å²) in [6, 6.07) is 0. The Balaban J connectivity index is 1.43. The molecule has 1 unspecified atom stereocenters. The van der Waals surface area contributed by atoms with Gasteiger partial charge in [-0.15, -0.1) is 10.2 Å². The smallest absolute Gasteiger partial charge is 0.225 e. The van der Waals surface area contributed by atoms with Crippen LogP contribution in [0.15, 0.2) is 5.16 Å². The van der Waals surface area contributed by atoms with Crippen LogP contribution in [0.4, 0.5) is 0 Å². The molecule has 1 saturated heterocycles. The van der Waals surface area contributed by atoms with Crippen LogP contribution in [0.3, 0.4) is 0 Å². The summed E-state index contributed by atoms with van der Waals surface area (Å²) >= 11 is 1.62. The van der Waals surface area contributed by atoms with E-state index in [9.17, 15) is 9.59 Å². The highest BCUT2D eigenvalue weighted by Crippen LogP contribution is 2.32. The minimum Gasteiger partial charge on any atom is -0.356 e. The predicted molar refractivity (Wildman–Crippen MR) is 110 cm³/mol. The van der Waals surface area contributed by atoms with Crippen molar-refractivity contribution >= 4 is 23.6 Å². The van der Waals surface area contributed by atoms with Crippen LogP contribution in [0, 0.1) is 17.8 Å². The molecule has 2 amide bonds. The van der Waals surface area contributed by atoms with Gasteiger partial charge in [-0.05, 0) is 44.3 Å². The third kappa shape index (κ3) is 5.49. The highest BCUT2D eigenvalue weighted by molar-refractivity contribution is 7.98. The average Bonchev–Trinajstić information content (AvgIpc) is 3.47. The molecule has 1 aromatic rings. The van der Waals surface area contributed by atoms with Crippen LogP contribution in [0.25, 0.3) is 0 Å². The predicted octanol–water partition coefficient (Wildman–Crippen LogP) is 2.35. The maximum Gasteiger partial charge on any atom is 0.225 e. The van der Waals surface area contributed by atoms with E-state index < -0.39 is 0 Å². The highest BCUT2D eigenvalue weighted by atomic mass is 32.2. The lowest BCUT2D eigenvalue weighted by atomic mass is 9.96. The van der Waals surface area contributed by atoms with Gasteiger partial charge in [0.15, 0.2) is 5.16 Å². The van der Waals surface area contributed by atoms with Crippen molar-refractivity contribution in [3.05, 3.63) is 5.82 Å². The molecule has 2 aliphatic rings. The van der Waals surface area contributed by atoms with E-state index in [0.29, 0.717) is 19.0 Å². The van der Waals surface area contributed by atoms with Crippen molar-refractivity contribution < 1.29 is 9.59 Å². The Morgan fingerprint density at radius 1 is 1.21 bits per heavy atom. The molecule has 0 spiro atoms. The van der Waals surface area contributed by atoms with E-state index in [1.165, 1.54) is 0 Å². The highest BCUT2D eigenvalue weighted by Gasteiger charge is 2.36. The zero-order valence-corrected chi connectivity index (χ0v) is 18.1. The molecular formula is C20H33N5O2S. The summed E-state index contributed by atoms with van der Waals surface area (Å²) in [5, 5.41) is 12.6. The Hall–Kier alpha value is -1.57. The summed E-state index contributed by atoms with van der Waals surface area (Å²) in [6.45, 7) is 7.32. The number of carbonyl (C=O) groups excluding carboxylic acids is 2. The van der Waals surface area contributed by atoms with Crippen molar-refractivity contribution in [2.45, 2.75) is 64.1 Å². The van der Waals surface area contributed by atoms with Crippen LogP contribution < -0.4 is 5.32 Å². The molecule has 3 rings (SSSR count). The van der Waals surface area contributed by atoms with Gasteiger partial charge in [-0.1, -0.05) is 25.6 Å². The lowest BCUT2D eigenvalue weighted by molar-refractivity contribution is -0.136. The Morgan fingerprint density at radius 3 is 2.68 bits per heavy atom. The van der Waals surface area contributed by atoms with E-state index in [1.54, 1.807) is 11.8 Å². The second kappa shape index (κ2) is 9.76. The normalized spacial score (nSPS) is 19.9. The average molecular weight is 408 g/mol. The summed E-state index contributed by atoms with van der Waals surface area (Å²) < 4.78 is 2.19. The SMILES string of the molecule is CSc1nnc(CCCNC(=O)C2CCCN(C(=O)C3CC3)C2)n1CC(C)C. The molecule has 8 heteroatoms. The number of aryl methyl sites for hydroxylation is 1. The summed E-state index contributed by atoms with van der Waals surface area (Å²) in [7, 11) is 0. The first kappa shape index (κ1) is 21.1. The number of hydrogen-bond acceptors (Lipinski definition) is 5. The molecular weight excluding hydrogens is 374 g/mol. The van der Waals surface area contributed by atoms with Crippen LogP contribution in [-0.4, -0.2) is 57.4 Å². The van der Waals surface area contributed by atoms with Crippen LogP contribution in [-0.2, 0) is 22.6 Å². The summed E-state index contributed by atoms with van der Waals surface area (Å²) in [4.78, 5) is 26.7. The third-order valence-electron chi connectivity index (χ3n) is 5.43. The lowest BCUT2D eigenvalue weighted by Crippen LogP contribution is -2.46. The molecule has 0 aromatic carbocycles. The number of nitrogens with one attached hydrogen (secondary N) is 1. The molecule has 1 N–H and O–H groups in total. The zero-order chi connectivity index (χ0) is 20.1. The van der Waals surface area contributed by atoms with Gasteiger partial charge in [0.25, 0.3) is 0 Å². The Kier molecular flexibility index (Phi) is 7.37. The molecule has 1 saturated carbocycles. The van der Waals surface area contributed by atoms with Gasteiger partial charge in [0, 0.05) is 38.5 Å². The molecule has 1 aliphatic carbocycles. The van der Waals surface area contributed by atoms with E-state index in [2.05, 4.69) is 33.9 Å². The van der Waals surface area contributed by atoms with Crippen molar-refractivity contribution in [3.8, 4) is 0 Å². The minimum atomic E-state index is -0.0656. The van der Waals surface area contributed by atoms with Gasteiger partial charge < -0.3 is 14.8 Å². The maximum absolute atomic E-state index is 12.5. The quantitative estimate of drug-likeness (QED) is 0.502. The van der Waals surface area contributed by atoms with Gasteiger partial charge in [0.1, 0.15) is 5.82 Å². The molecule has 2 heterocycles. The topological polar surface area (TPSA) is 80.1 Å². The second-order valence-electron chi connectivity index (χ2n) is 8.40. The fourth-order valence-corrected chi connectivity index (χ4v) is 4.31. The number of carbonyl (C=O) groups is 2. The number of amides is 2. The molecule has 156 valence electrons. The summed E-state index contributed by atoms with van der Waals surface area (Å²) in [6.07, 6.45) is 7.50. The Bertz CT molecular complexity index is 686. The van der Waals surface area contributed by atoms with Crippen molar-refractivity contribution in [2.75, 3.05) is 25.9 Å². The first-order valence-corrected chi connectivity index (χ1v) is 11.7. The molecule has 1 atom stereocenters. The monoisotopic (exact) mass is 407 g/mol. The molecule has 0 radical (unpaired) electrons. The van der Waals surface area contributed by atoms with Crippen LogP contribution >= 0.6 is 11.8 Å². The molecule has 28 heavy (non-hydrogen) atoms. The van der Waals surface area contributed by atoms with E-state index in [1.807, 2.05) is 11.2 Å². The van der Waals surface area contributed by atoms with Gasteiger partial charge in [-0.2, -0.15) is 0 Å². The number of nitrogens with zero attached hydrogens (tertiary/aromatic N) is 4. The van der Waals surface area contributed by atoms with Crippen molar-refractivity contribution in [3.63, 3.8) is 0 Å². The van der Waals surface area contributed by atoms with Gasteiger partial charge in [0.05, 0.1) is 5.92 Å². The second-order valence-corrected chi connectivity index (χ2v) is 9.17. The number of aromatic nitrogens is 3. The number of likely N-dealkylation sites (tertiary alicyclic amines) is 1. The number of thioether (sulfide) groups is 1. The maximum atomic E-state index is 12.5. The lowest BCUT2D eigenvalue weighted by Gasteiger charge is -2.32. The van der Waals surface area contributed by atoms with Crippen LogP contribution in [0.2, 0.25) is 0 Å². The van der Waals surface area contributed by atoms with E-state index in [4.69, 9.17) is 0 Å². The van der Waals surface area contributed by atoms with Gasteiger partial charge in [-0.25, -0.2) is 0 Å². The van der Waals surface area contributed by atoms with Crippen molar-refractivity contribution in [1.29, 1.82) is 0 Å². The van der Waals surface area contributed by atoms with Crippen LogP contribution in [0.5, 0.6) is 0 Å². The largest absolute Gasteiger partial charge is 0.356 e. The standard InChI is InChI=1S/C20H33N5O2S/c1-14(2)12-25-17(22-23-20(25)28-3)7-4-10-21-18(26)16-6-5-11-24(13-16)19(27)15-8-9-15/h14-16H,4-13H2,1-3H3,(H,21,26). The Labute approximate surface area is 172 Å². The summed E-state index contributed by atoms with van der Waals surface area (Å²) in [5.74, 6) is 2.03. The summed E-state index contributed by atoms with van der Waals surface area (Å²) in [5.41, 5.74) is 0. The number of hydrogen-bond donors (Lipinski definition) is 1. The number of rotatable bonds is 9. The van der Waals surface area contributed by atoms with Crippen molar-refractivity contribution in [1.82, 2.24) is 25.0 Å². The minimum absolute atomic E-state index is 0.0656. The third-order valence-corrected chi connectivity index (χ3v) is 6.10. The van der Waals surface area contributed by atoms with Gasteiger partial charge >= 0.3 is 0 Å². The zero-order valence-electron chi connectivity index (χ0n) is 17.3. The molecule has 1 aliphatic heterocycles. The van der Waals surface area contributed by atoms with E-state index in [0.717, 1.165) is 62.6 Å². The van der Waals surface area contributed by atoms with E-state index in [-0.39, 0.29) is 23.7 Å². The molecule has 2 fully saturated rings. The fraction of sp³-hybridized carbons (Fsp3) is 0.800. The van der Waals surface area contributed by atoms with Gasteiger partial charge in [0.2, 0.25) is 11.8 Å². The van der Waals surface area contributed by atoms with Gasteiger partial charge in [-0.3, -0.25) is 9.59 Å². The molecule has 7 nitrogen and oxygen atoms in total. The van der Waals surface area contributed by atoms with Crippen molar-refractivity contribution in [2.24, 2.45) is 17.8 Å². The van der Waals surface area contributed by atoms with Crippen LogP contribution in [0.1, 0.15) is 51.8 Å². The molecule has 0 bridgehead atoms. The first-order valence-electron chi connectivity index (χ1n) is 10.5. The molecule has 1 aromatic heterocycles. The van der Waals surface area contributed by atoms with E-state index >= 15 is 0 Å². The Morgan fingerprint density at radius 2 is 2.00 bits per heavy atom.